The van der Waals surface area contributed by atoms with Crippen molar-refractivity contribution in [1.29, 1.82) is 0 Å². The first kappa shape index (κ1) is 15.3. The molecule has 10 heteroatoms. The zero-order valence-electron chi connectivity index (χ0n) is 13.5. The summed E-state index contributed by atoms with van der Waals surface area (Å²) in [5.74, 6) is 1.78. The molecule has 0 aliphatic carbocycles. The Balaban J connectivity index is 1.47. The van der Waals surface area contributed by atoms with E-state index < -0.39 is 0 Å². The summed E-state index contributed by atoms with van der Waals surface area (Å²) in [5, 5.41) is 20.4. The van der Waals surface area contributed by atoms with Crippen LogP contribution in [0.2, 0.25) is 0 Å². The molecule has 0 amide bonds. The molecule has 126 valence electrons. The SMILES string of the molecule is Cn1nnnc1SCCn1ccnc1-c1cc2n(n1)CCCNC2. The number of fused-ring (bicyclic) bond motifs is 1. The summed E-state index contributed by atoms with van der Waals surface area (Å²) in [4.78, 5) is 4.50. The minimum absolute atomic E-state index is 0.816. The van der Waals surface area contributed by atoms with E-state index in [0.717, 1.165) is 55.0 Å². The van der Waals surface area contributed by atoms with Crippen molar-refractivity contribution >= 4 is 11.8 Å². The van der Waals surface area contributed by atoms with Crippen LogP contribution in [0.25, 0.3) is 11.5 Å². The summed E-state index contributed by atoms with van der Waals surface area (Å²) in [6.45, 7) is 3.69. The number of rotatable bonds is 5. The maximum Gasteiger partial charge on any atom is 0.209 e. The molecule has 1 aliphatic heterocycles. The summed E-state index contributed by atoms with van der Waals surface area (Å²) in [6.07, 6.45) is 4.92. The Hall–Kier alpha value is -2.20. The normalized spacial score (nSPS) is 14.5. The summed E-state index contributed by atoms with van der Waals surface area (Å²) >= 11 is 1.63. The van der Waals surface area contributed by atoms with E-state index in [-0.39, 0.29) is 0 Å². The predicted octanol–water partition coefficient (Wildman–Crippen LogP) is 0.556. The zero-order chi connectivity index (χ0) is 16.4. The Labute approximate surface area is 143 Å². The van der Waals surface area contributed by atoms with Crippen LogP contribution in [0, 0.1) is 0 Å². The van der Waals surface area contributed by atoms with E-state index in [1.807, 2.05) is 19.4 Å². The molecule has 4 rings (SSSR count). The molecule has 0 unspecified atom stereocenters. The third kappa shape index (κ3) is 3.06. The molecule has 1 N–H and O–H groups in total. The van der Waals surface area contributed by atoms with Crippen molar-refractivity contribution in [1.82, 2.24) is 44.9 Å². The van der Waals surface area contributed by atoms with Crippen LogP contribution in [0.1, 0.15) is 12.1 Å². The molecule has 3 aromatic heterocycles. The summed E-state index contributed by atoms with van der Waals surface area (Å²) in [7, 11) is 1.84. The van der Waals surface area contributed by atoms with Gasteiger partial charge in [0.15, 0.2) is 5.82 Å². The van der Waals surface area contributed by atoms with Crippen LogP contribution in [-0.4, -0.2) is 51.8 Å². The number of tetrazole rings is 1. The van der Waals surface area contributed by atoms with Gasteiger partial charge in [0.1, 0.15) is 5.69 Å². The van der Waals surface area contributed by atoms with Crippen LogP contribution < -0.4 is 5.32 Å². The van der Waals surface area contributed by atoms with Crippen LogP contribution in [0.15, 0.2) is 23.6 Å². The van der Waals surface area contributed by atoms with E-state index in [4.69, 9.17) is 5.10 Å². The van der Waals surface area contributed by atoms with Crippen LogP contribution in [0.5, 0.6) is 0 Å². The van der Waals surface area contributed by atoms with Crippen LogP contribution in [0.3, 0.4) is 0 Å². The molecule has 0 saturated heterocycles. The number of nitrogens with zero attached hydrogens (tertiary/aromatic N) is 8. The van der Waals surface area contributed by atoms with Gasteiger partial charge in [-0.25, -0.2) is 9.67 Å². The first-order valence-corrected chi connectivity index (χ1v) is 8.94. The molecule has 0 saturated carbocycles. The van der Waals surface area contributed by atoms with Crippen molar-refractivity contribution in [3.05, 3.63) is 24.2 Å². The largest absolute Gasteiger partial charge is 0.329 e. The third-order valence-corrected chi connectivity index (χ3v) is 4.97. The van der Waals surface area contributed by atoms with Crippen molar-refractivity contribution in [2.24, 2.45) is 7.05 Å². The number of hydrogen-bond acceptors (Lipinski definition) is 7. The van der Waals surface area contributed by atoms with Gasteiger partial charge in [0, 0.05) is 44.8 Å². The minimum Gasteiger partial charge on any atom is -0.329 e. The monoisotopic (exact) mass is 345 g/mol. The van der Waals surface area contributed by atoms with Crippen LogP contribution >= 0.6 is 11.8 Å². The lowest BCUT2D eigenvalue weighted by Gasteiger charge is -2.05. The molecular formula is C14H19N9S. The lowest BCUT2D eigenvalue weighted by Crippen LogP contribution is -2.11. The summed E-state index contributed by atoms with van der Waals surface area (Å²) in [6, 6.07) is 2.14. The molecule has 4 heterocycles. The van der Waals surface area contributed by atoms with Gasteiger partial charge in [-0.3, -0.25) is 4.68 Å². The van der Waals surface area contributed by atoms with Crippen molar-refractivity contribution in [2.45, 2.75) is 31.2 Å². The van der Waals surface area contributed by atoms with Gasteiger partial charge in [-0.2, -0.15) is 5.10 Å². The molecule has 3 aromatic rings. The molecular weight excluding hydrogens is 326 g/mol. The van der Waals surface area contributed by atoms with Crippen LogP contribution in [0.4, 0.5) is 0 Å². The number of imidazole rings is 1. The van der Waals surface area contributed by atoms with Gasteiger partial charge in [0.25, 0.3) is 0 Å². The predicted molar refractivity (Wildman–Crippen MR) is 89.3 cm³/mol. The smallest absolute Gasteiger partial charge is 0.209 e. The third-order valence-electron chi connectivity index (χ3n) is 3.98. The van der Waals surface area contributed by atoms with E-state index in [9.17, 15) is 0 Å². The second kappa shape index (κ2) is 6.73. The van der Waals surface area contributed by atoms with Gasteiger partial charge in [-0.1, -0.05) is 11.8 Å². The van der Waals surface area contributed by atoms with E-state index in [2.05, 4.69) is 41.1 Å². The molecule has 0 atom stereocenters. The number of aryl methyl sites for hydroxylation is 3. The lowest BCUT2D eigenvalue weighted by atomic mass is 10.3. The van der Waals surface area contributed by atoms with E-state index in [1.54, 1.807) is 16.4 Å². The van der Waals surface area contributed by atoms with Gasteiger partial charge in [0.05, 0.1) is 5.69 Å². The standard InChI is InChI=1S/C14H19N9S/c1-21-14(17-19-20-21)24-8-7-22-6-4-16-13(22)12-9-11-10-15-3-2-5-23(11)18-12/h4,6,9,15H,2-3,5,7-8,10H2,1H3. The Morgan fingerprint density at radius 1 is 1.38 bits per heavy atom. The fourth-order valence-electron chi connectivity index (χ4n) is 2.77. The second-order valence-electron chi connectivity index (χ2n) is 5.65. The van der Waals surface area contributed by atoms with Gasteiger partial charge in [0.2, 0.25) is 5.16 Å². The van der Waals surface area contributed by atoms with E-state index in [0.29, 0.717) is 0 Å². The Morgan fingerprint density at radius 3 is 3.21 bits per heavy atom. The van der Waals surface area contributed by atoms with Gasteiger partial charge >= 0.3 is 0 Å². The highest BCUT2D eigenvalue weighted by Crippen LogP contribution is 2.20. The number of nitrogens with one attached hydrogen (secondary N) is 1. The average Bonchev–Trinajstić information content (AvgIpc) is 3.26. The highest BCUT2D eigenvalue weighted by molar-refractivity contribution is 7.99. The number of hydrogen-bond donors (Lipinski definition) is 1. The first-order valence-electron chi connectivity index (χ1n) is 7.95. The molecule has 24 heavy (non-hydrogen) atoms. The molecule has 0 fully saturated rings. The Morgan fingerprint density at radius 2 is 2.33 bits per heavy atom. The molecule has 0 spiro atoms. The lowest BCUT2D eigenvalue weighted by molar-refractivity contribution is 0.587. The fraction of sp³-hybridized carbons (Fsp3) is 0.500. The zero-order valence-corrected chi connectivity index (χ0v) is 14.3. The maximum absolute atomic E-state index is 4.74. The van der Waals surface area contributed by atoms with E-state index in [1.165, 1.54) is 5.69 Å². The van der Waals surface area contributed by atoms with Crippen molar-refractivity contribution < 1.29 is 0 Å². The average molecular weight is 345 g/mol. The van der Waals surface area contributed by atoms with Crippen LogP contribution in [-0.2, 0) is 26.7 Å². The Kier molecular flexibility index (Phi) is 4.30. The highest BCUT2D eigenvalue weighted by Gasteiger charge is 2.15. The quantitative estimate of drug-likeness (QED) is 0.675. The van der Waals surface area contributed by atoms with Crippen molar-refractivity contribution in [2.75, 3.05) is 12.3 Å². The second-order valence-corrected chi connectivity index (χ2v) is 6.71. The van der Waals surface area contributed by atoms with Gasteiger partial charge < -0.3 is 9.88 Å². The molecule has 1 aliphatic rings. The fourth-order valence-corrected chi connectivity index (χ4v) is 3.56. The molecule has 0 bridgehead atoms. The van der Waals surface area contributed by atoms with E-state index >= 15 is 0 Å². The van der Waals surface area contributed by atoms with Gasteiger partial charge in [-0.15, -0.1) is 5.10 Å². The van der Waals surface area contributed by atoms with Crippen molar-refractivity contribution in [3.63, 3.8) is 0 Å². The van der Waals surface area contributed by atoms with Gasteiger partial charge in [-0.05, 0) is 29.5 Å². The topological polar surface area (TPSA) is 91.3 Å². The Bertz CT molecular complexity index is 794. The number of aromatic nitrogens is 8. The van der Waals surface area contributed by atoms with Crippen molar-refractivity contribution in [3.8, 4) is 11.5 Å². The molecule has 0 aromatic carbocycles. The maximum atomic E-state index is 4.74. The molecule has 0 radical (unpaired) electrons. The molecule has 9 nitrogen and oxygen atoms in total. The highest BCUT2D eigenvalue weighted by atomic mass is 32.2. The first-order chi connectivity index (χ1) is 11.8. The summed E-state index contributed by atoms with van der Waals surface area (Å²) in [5.41, 5.74) is 2.15. The minimum atomic E-state index is 0.816. The number of thioether (sulfide) groups is 1. The summed E-state index contributed by atoms with van der Waals surface area (Å²) < 4.78 is 5.90.